The van der Waals surface area contributed by atoms with Gasteiger partial charge in [-0.1, -0.05) is 18.2 Å². The molecule has 0 bridgehead atoms. The molecule has 1 saturated heterocycles. The van der Waals surface area contributed by atoms with E-state index in [-0.39, 0.29) is 24.2 Å². The minimum Gasteiger partial charge on any atom is -0.497 e. The fourth-order valence-corrected chi connectivity index (χ4v) is 3.58. The largest absolute Gasteiger partial charge is 0.497 e. The van der Waals surface area contributed by atoms with E-state index in [0.29, 0.717) is 36.4 Å². The zero-order chi connectivity index (χ0) is 20.1. The zero-order valence-corrected chi connectivity index (χ0v) is 16.2. The normalized spacial score (nSPS) is 19.2. The summed E-state index contributed by atoms with van der Waals surface area (Å²) >= 11 is 0. The topological polar surface area (TPSA) is 58.6 Å². The molecule has 2 aromatic rings. The molecule has 2 amide bonds. The van der Waals surface area contributed by atoms with Gasteiger partial charge in [-0.2, -0.15) is 0 Å². The third-order valence-corrected chi connectivity index (χ3v) is 5.19. The Hall–Kier alpha value is -2.89. The van der Waals surface area contributed by atoms with Crippen molar-refractivity contribution in [3.63, 3.8) is 0 Å². The monoisotopic (exact) mass is 384 g/mol. The number of methoxy groups -OCH3 is 1. The molecule has 5 nitrogen and oxygen atoms in total. The molecule has 1 heterocycles. The number of carbonyl (C=O) groups is 2. The van der Waals surface area contributed by atoms with Gasteiger partial charge in [-0.25, -0.2) is 4.39 Å². The van der Waals surface area contributed by atoms with Crippen molar-refractivity contribution < 1.29 is 18.7 Å². The Bertz CT molecular complexity index is 870. The smallest absolute Gasteiger partial charge is 0.254 e. The van der Waals surface area contributed by atoms with Crippen LogP contribution >= 0.6 is 0 Å². The van der Waals surface area contributed by atoms with Gasteiger partial charge in [0.2, 0.25) is 5.91 Å². The molecular weight excluding hydrogens is 359 g/mol. The van der Waals surface area contributed by atoms with Gasteiger partial charge in [-0.15, -0.1) is 0 Å². The number of rotatable bonds is 5. The number of carbonyl (C=O) groups excluding carboxylic acids is 2. The second-order valence-electron chi connectivity index (χ2n) is 7.44. The average molecular weight is 384 g/mol. The number of benzene rings is 2. The maximum Gasteiger partial charge on any atom is 0.254 e. The van der Waals surface area contributed by atoms with Gasteiger partial charge in [-0.05, 0) is 55.7 Å². The van der Waals surface area contributed by atoms with Crippen LogP contribution in [0.1, 0.15) is 35.7 Å². The number of amides is 2. The molecular formula is C22H25FN2O3. The van der Waals surface area contributed by atoms with E-state index in [4.69, 9.17) is 4.74 Å². The van der Waals surface area contributed by atoms with Gasteiger partial charge >= 0.3 is 0 Å². The number of halogens is 1. The molecule has 1 atom stereocenters. The fraction of sp³-hybridized carbons (Fsp3) is 0.364. The van der Waals surface area contributed by atoms with Crippen LogP contribution in [-0.4, -0.2) is 36.9 Å². The first-order valence-corrected chi connectivity index (χ1v) is 9.37. The van der Waals surface area contributed by atoms with Crippen molar-refractivity contribution in [1.82, 2.24) is 10.2 Å². The summed E-state index contributed by atoms with van der Waals surface area (Å²) < 4.78 is 18.5. The van der Waals surface area contributed by atoms with Crippen LogP contribution in [0.15, 0.2) is 48.5 Å². The van der Waals surface area contributed by atoms with Gasteiger partial charge in [0.15, 0.2) is 0 Å². The van der Waals surface area contributed by atoms with E-state index < -0.39 is 5.41 Å². The van der Waals surface area contributed by atoms with E-state index >= 15 is 0 Å². The maximum absolute atomic E-state index is 13.3. The molecule has 148 valence electrons. The maximum atomic E-state index is 13.3. The van der Waals surface area contributed by atoms with Gasteiger partial charge in [0, 0.05) is 25.2 Å². The van der Waals surface area contributed by atoms with Gasteiger partial charge < -0.3 is 15.0 Å². The zero-order valence-electron chi connectivity index (χ0n) is 16.2. The first-order chi connectivity index (χ1) is 13.4. The highest BCUT2D eigenvalue weighted by atomic mass is 19.1. The summed E-state index contributed by atoms with van der Waals surface area (Å²) in [6.07, 6.45) is 1.45. The first-order valence-electron chi connectivity index (χ1n) is 9.37. The SMILES string of the molecule is COc1cccc(C(=O)N2CCC[C@](C)(C(=O)NCc3cccc(F)c3)C2)c1. The molecule has 2 aromatic carbocycles. The van der Waals surface area contributed by atoms with Gasteiger partial charge in [0.25, 0.3) is 5.91 Å². The first kappa shape index (κ1) is 19.9. The lowest BCUT2D eigenvalue weighted by atomic mass is 9.80. The molecule has 28 heavy (non-hydrogen) atoms. The number of likely N-dealkylation sites (tertiary alicyclic amines) is 1. The van der Waals surface area contributed by atoms with E-state index in [1.54, 1.807) is 48.4 Å². The molecule has 0 aliphatic carbocycles. The van der Waals surface area contributed by atoms with Crippen LogP contribution < -0.4 is 10.1 Å². The number of hydrogen-bond donors (Lipinski definition) is 1. The molecule has 0 spiro atoms. The molecule has 1 N–H and O–H groups in total. The molecule has 0 aromatic heterocycles. The molecule has 1 fully saturated rings. The van der Waals surface area contributed by atoms with Crippen LogP contribution in [-0.2, 0) is 11.3 Å². The number of piperidine rings is 1. The average Bonchev–Trinajstić information content (AvgIpc) is 2.71. The molecule has 0 radical (unpaired) electrons. The summed E-state index contributed by atoms with van der Waals surface area (Å²) in [7, 11) is 1.56. The highest BCUT2D eigenvalue weighted by molar-refractivity contribution is 5.95. The van der Waals surface area contributed by atoms with Crippen LogP contribution in [0.2, 0.25) is 0 Å². The molecule has 1 aliphatic heterocycles. The van der Waals surface area contributed by atoms with Crippen LogP contribution in [0.5, 0.6) is 5.75 Å². The van der Waals surface area contributed by atoms with E-state index in [1.165, 1.54) is 12.1 Å². The lowest BCUT2D eigenvalue weighted by molar-refractivity contribution is -0.132. The minimum atomic E-state index is -0.680. The highest BCUT2D eigenvalue weighted by Crippen LogP contribution is 2.31. The molecule has 6 heteroatoms. The van der Waals surface area contributed by atoms with Crippen molar-refractivity contribution >= 4 is 11.8 Å². The van der Waals surface area contributed by atoms with Crippen molar-refractivity contribution in [1.29, 1.82) is 0 Å². The third kappa shape index (κ3) is 4.50. The van der Waals surface area contributed by atoms with Crippen LogP contribution in [0.3, 0.4) is 0 Å². The number of ether oxygens (including phenoxy) is 1. The molecule has 1 aliphatic rings. The molecule has 0 saturated carbocycles. The Morgan fingerprint density at radius 2 is 2.00 bits per heavy atom. The Morgan fingerprint density at radius 1 is 1.21 bits per heavy atom. The highest BCUT2D eigenvalue weighted by Gasteiger charge is 2.39. The second-order valence-corrected chi connectivity index (χ2v) is 7.44. The molecule has 3 rings (SSSR count). The standard InChI is InChI=1S/C22H25FN2O3/c1-22(21(27)24-14-16-6-3-8-18(23)12-16)10-5-11-25(15-22)20(26)17-7-4-9-19(13-17)28-2/h3-4,6-9,12-13H,5,10-11,14-15H2,1-2H3,(H,24,27)/t22-/m0/s1. The van der Waals surface area contributed by atoms with Crippen LogP contribution in [0.25, 0.3) is 0 Å². The Balaban J connectivity index is 1.66. The van der Waals surface area contributed by atoms with Crippen LogP contribution in [0.4, 0.5) is 4.39 Å². The van der Waals surface area contributed by atoms with E-state index in [2.05, 4.69) is 5.32 Å². The van der Waals surface area contributed by atoms with E-state index in [0.717, 1.165) is 6.42 Å². The Kier molecular flexibility index (Phi) is 5.97. The van der Waals surface area contributed by atoms with Crippen molar-refractivity contribution in [3.8, 4) is 5.75 Å². The fourth-order valence-electron chi connectivity index (χ4n) is 3.58. The predicted molar refractivity (Wildman–Crippen MR) is 104 cm³/mol. The summed E-state index contributed by atoms with van der Waals surface area (Å²) in [6.45, 7) is 3.09. The quantitative estimate of drug-likeness (QED) is 0.860. The van der Waals surface area contributed by atoms with Gasteiger partial charge in [-0.3, -0.25) is 9.59 Å². The summed E-state index contributed by atoms with van der Waals surface area (Å²) in [5, 5.41) is 2.89. The summed E-state index contributed by atoms with van der Waals surface area (Å²) in [6, 6.07) is 13.2. The van der Waals surface area contributed by atoms with E-state index in [1.807, 2.05) is 6.92 Å². The lowest BCUT2D eigenvalue weighted by Crippen LogP contribution is -2.51. The van der Waals surface area contributed by atoms with E-state index in [9.17, 15) is 14.0 Å². The number of nitrogens with zero attached hydrogens (tertiary/aromatic N) is 1. The molecule has 0 unspecified atom stereocenters. The minimum absolute atomic E-state index is 0.109. The number of nitrogens with one attached hydrogen (secondary N) is 1. The van der Waals surface area contributed by atoms with Crippen molar-refractivity contribution in [3.05, 3.63) is 65.5 Å². The Morgan fingerprint density at radius 3 is 2.75 bits per heavy atom. The summed E-state index contributed by atoms with van der Waals surface area (Å²) in [5.74, 6) is 0.0619. The van der Waals surface area contributed by atoms with Gasteiger partial charge in [0.05, 0.1) is 12.5 Å². The third-order valence-electron chi connectivity index (χ3n) is 5.19. The van der Waals surface area contributed by atoms with Crippen molar-refractivity contribution in [2.75, 3.05) is 20.2 Å². The lowest BCUT2D eigenvalue weighted by Gasteiger charge is -2.39. The van der Waals surface area contributed by atoms with Crippen molar-refractivity contribution in [2.24, 2.45) is 5.41 Å². The predicted octanol–water partition coefficient (Wildman–Crippen LogP) is 3.39. The van der Waals surface area contributed by atoms with Gasteiger partial charge in [0.1, 0.15) is 11.6 Å². The van der Waals surface area contributed by atoms with Crippen LogP contribution in [0, 0.1) is 11.2 Å². The Labute approximate surface area is 164 Å². The number of hydrogen-bond acceptors (Lipinski definition) is 3. The summed E-state index contributed by atoms with van der Waals surface area (Å²) in [4.78, 5) is 27.4. The van der Waals surface area contributed by atoms with Crippen molar-refractivity contribution in [2.45, 2.75) is 26.3 Å². The summed E-state index contributed by atoms with van der Waals surface area (Å²) in [5.41, 5.74) is 0.570. The second kappa shape index (κ2) is 8.42.